The van der Waals surface area contributed by atoms with Crippen molar-refractivity contribution in [2.75, 3.05) is 18.1 Å². The number of hydrogen-bond acceptors (Lipinski definition) is 2. The molecule has 0 rings (SSSR count). The van der Waals surface area contributed by atoms with Crippen LogP contribution in [0.3, 0.4) is 0 Å². The number of thioether (sulfide) groups is 1. The summed E-state index contributed by atoms with van der Waals surface area (Å²) in [6, 6.07) is 0.629. The standard InChI is InChI=1S/C10H21NS/c1-4-7-10(11-6-3)9-12-8-5-2/h4,10-11H,1,5-9H2,2-3H3. The molecule has 0 radical (unpaired) electrons. The van der Waals surface area contributed by atoms with Gasteiger partial charge in [0.1, 0.15) is 0 Å². The molecule has 0 aromatic heterocycles. The van der Waals surface area contributed by atoms with E-state index in [4.69, 9.17) is 0 Å². The van der Waals surface area contributed by atoms with Crippen LogP contribution in [-0.2, 0) is 0 Å². The van der Waals surface area contributed by atoms with Crippen molar-refractivity contribution in [3.8, 4) is 0 Å². The van der Waals surface area contributed by atoms with Gasteiger partial charge in [-0.05, 0) is 25.1 Å². The van der Waals surface area contributed by atoms with Gasteiger partial charge in [-0.1, -0.05) is 19.9 Å². The van der Waals surface area contributed by atoms with E-state index in [1.54, 1.807) is 0 Å². The summed E-state index contributed by atoms with van der Waals surface area (Å²) in [4.78, 5) is 0. The lowest BCUT2D eigenvalue weighted by Gasteiger charge is -2.14. The van der Waals surface area contributed by atoms with Gasteiger partial charge >= 0.3 is 0 Å². The molecule has 1 unspecified atom stereocenters. The molecule has 0 aliphatic carbocycles. The Balaban J connectivity index is 3.40. The van der Waals surface area contributed by atoms with Crippen molar-refractivity contribution in [2.45, 2.75) is 32.7 Å². The average Bonchev–Trinajstić information content (AvgIpc) is 2.06. The zero-order valence-corrected chi connectivity index (χ0v) is 9.12. The van der Waals surface area contributed by atoms with Gasteiger partial charge in [-0.25, -0.2) is 0 Å². The smallest absolute Gasteiger partial charge is 0.0192 e. The Morgan fingerprint density at radius 1 is 1.50 bits per heavy atom. The Hall–Kier alpha value is 0.0500. The summed E-state index contributed by atoms with van der Waals surface area (Å²) in [6.45, 7) is 9.20. The van der Waals surface area contributed by atoms with Crippen LogP contribution in [0.1, 0.15) is 26.7 Å². The van der Waals surface area contributed by atoms with Crippen molar-refractivity contribution >= 4 is 11.8 Å². The van der Waals surface area contributed by atoms with Gasteiger partial charge in [-0.2, -0.15) is 11.8 Å². The molecule has 1 nitrogen and oxygen atoms in total. The molecule has 2 heteroatoms. The first-order valence-corrected chi connectivity index (χ1v) is 5.92. The Kier molecular flexibility index (Phi) is 9.18. The topological polar surface area (TPSA) is 12.0 Å². The summed E-state index contributed by atoms with van der Waals surface area (Å²) in [6.07, 6.45) is 4.36. The van der Waals surface area contributed by atoms with Crippen molar-refractivity contribution in [1.29, 1.82) is 0 Å². The summed E-state index contributed by atoms with van der Waals surface area (Å²) >= 11 is 2.03. The highest BCUT2D eigenvalue weighted by Gasteiger charge is 2.03. The summed E-state index contributed by atoms with van der Waals surface area (Å²) in [7, 11) is 0. The molecule has 12 heavy (non-hydrogen) atoms. The summed E-state index contributed by atoms with van der Waals surface area (Å²) in [5.74, 6) is 2.49. The van der Waals surface area contributed by atoms with E-state index in [2.05, 4.69) is 25.7 Å². The quantitative estimate of drug-likeness (QED) is 0.463. The zero-order valence-electron chi connectivity index (χ0n) is 8.31. The average molecular weight is 187 g/mol. The Morgan fingerprint density at radius 3 is 2.75 bits per heavy atom. The van der Waals surface area contributed by atoms with Crippen LogP contribution in [0.5, 0.6) is 0 Å². The minimum absolute atomic E-state index is 0.629. The second-order valence-electron chi connectivity index (χ2n) is 2.85. The lowest BCUT2D eigenvalue weighted by Crippen LogP contribution is -2.30. The van der Waals surface area contributed by atoms with E-state index in [1.807, 2.05) is 17.8 Å². The molecule has 1 N–H and O–H groups in total. The van der Waals surface area contributed by atoms with E-state index in [0.29, 0.717) is 6.04 Å². The third kappa shape index (κ3) is 6.74. The highest BCUT2D eigenvalue weighted by Crippen LogP contribution is 2.07. The van der Waals surface area contributed by atoms with Crippen molar-refractivity contribution in [3.63, 3.8) is 0 Å². The van der Waals surface area contributed by atoms with Crippen molar-refractivity contribution in [1.82, 2.24) is 5.32 Å². The number of rotatable bonds is 8. The highest BCUT2D eigenvalue weighted by atomic mass is 32.2. The molecule has 72 valence electrons. The van der Waals surface area contributed by atoms with E-state index in [1.165, 1.54) is 17.9 Å². The van der Waals surface area contributed by atoms with Gasteiger partial charge in [-0.15, -0.1) is 6.58 Å². The van der Waals surface area contributed by atoms with Crippen LogP contribution in [0.2, 0.25) is 0 Å². The third-order valence-electron chi connectivity index (χ3n) is 1.61. The molecule has 0 bridgehead atoms. The Bertz CT molecular complexity index is 104. The molecule has 0 spiro atoms. The first-order valence-electron chi connectivity index (χ1n) is 4.77. The van der Waals surface area contributed by atoms with E-state index in [9.17, 15) is 0 Å². The second-order valence-corrected chi connectivity index (χ2v) is 4.00. The Labute approximate surface area is 81.0 Å². The fourth-order valence-electron chi connectivity index (χ4n) is 1.07. The minimum atomic E-state index is 0.629. The van der Waals surface area contributed by atoms with Gasteiger partial charge in [0.2, 0.25) is 0 Å². The number of hydrogen-bond donors (Lipinski definition) is 1. The third-order valence-corrected chi connectivity index (χ3v) is 2.95. The minimum Gasteiger partial charge on any atom is -0.313 e. The molecule has 0 heterocycles. The fraction of sp³-hybridized carbons (Fsp3) is 0.800. The predicted molar refractivity (Wildman–Crippen MR) is 59.9 cm³/mol. The van der Waals surface area contributed by atoms with E-state index < -0.39 is 0 Å². The van der Waals surface area contributed by atoms with Gasteiger partial charge in [0.25, 0.3) is 0 Å². The monoisotopic (exact) mass is 187 g/mol. The van der Waals surface area contributed by atoms with Crippen LogP contribution in [0, 0.1) is 0 Å². The van der Waals surface area contributed by atoms with E-state index in [0.717, 1.165) is 13.0 Å². The van der Waals surface area contributed by atoms with Crippen LogP contribution in [-0.4, -0.2) is 24.1 Å². The van der Waals surface area contributed by atoms with Crippen LogP contribution in [0.4, 0.5) is 0 Å². The number of nitrogens with one attached hydrogen (secondary N) is 1. The largest absolute Gasteiger partial charge is 0.313 e. The van der Waals surface area contributed by atoms with Crippen LogP contribution < -0.4 is 5.32 Å². The zero-order chi connectivity index (χ0) is 9.23. The van der Waals surface area contributed by atoms with Gasteiger partial charge in [0.05, 0.1) is 0 Å². The first kappa shape index (κ1) is 12.0. The molecule has 0 aromatic carbocycles. The first-order chi connectivity index (χ1) is 5.85. The second kappa shape index (κ2) is 9.14. The molecule has 0 amide bonds. The van der Waals surface area contributed by atoms with E-state index >= 15 is 0 Å². The summed E-state index contributed by atoms with van der Waals surface area (Å²) < 4.78 is 0. The van der Waals surface area contributed by atoms with Crippen molar-refractivity contribution in [2.24, 2.45) is 0 Å². The Morgan fingerprint density at radius 2 is 2.25 bits per heavy atom. The molecule has 0 fully saturated rings. The lowest BCUT2D eigenvalue weighted by molar-refractivity contribution is 0.582. The van der Waals surface area contributed by atoms with Gasteiger partial charge in [0.15, 0.2) is 0 Å². The van der Waals surface area contributed by atoms with E-state index in [-0.39, 0.29) is 0 Å². The van der Waals surface area contributed by atoms with Crippen molar-refractivity contribution in [3.05, 3.63) is 12.7 Å². The van der Waals surface area contributed by atoms with Crippen LogP contribution >= 0.6 is 11.8 Å². The molecule has 0 aliphatic rings. The lowest BCUT2D eigenvalue weighted by atomic mass is 10.2. The normalized spacial score (nSPS) is 12.8. The molecule has 0 saturated heterocycles. The van der Waals surface area contributed by atoms with Crippen LogP contribution in [0.25, 0.3) is 0 Å². The summed E-state index contributed by atoms with van der Waals surface area (Å²) in [5.41, 5.74) is 0. The molecule has 0 saturated carbocycles. The fourth-order valence-corrected chi connectivity index (χ4v) is 2.06. The van der Waals surface area contributed by atoms with Crippen molar-refractivity contribution < 1.29 is 0 Å². The van der Waals surface area contributed by atoms with Gasteiger partial charge in [-0.3, -0.25) is 0 Å². The SMILES string of the molecule is C=CCC(CSCCC)NCC. The highest BCUT2D eigenvalue weighted by molar-refractivity contribution is 7.99. The molecular formula is C10H21NS. The summed E-state index contributed by atoms with van der Waals surface area (Å²) in [5, 5.41) is 3.45. The maximum Gasteiger partial charge on any atom is 0.0192 e. The predicted octanol–water partition coefficient (Wildman–Crippen LogP) is 2.68. The van der Waals surface area contributed by atoms with Gasteiger partial charge < -0.3 is 5.32 Å². The molecule has 0 aliphatic heterocycles. The molecule has 0 aromatic rings. The van der Waals surface area contributed by atoms with Gasteiger partial charge in [0, 0.05) is 11.8 Å². The molecule has 1 atom stereocenters. The maximum atomic E-state index is 3.76. The molecular weight excluding hydrogens is 166 g/mol. The maximum absolute atomic E-state index is 3.76. The van der Waals surface area contributed by atoms with Crippen LogP contribution in [0.15, 0.2) is 12.7 Å².